The summed E-state index contributed by atoms with van der Waals surface area (Å²) in [6.07, 6.45) is 5.13. The molecule has 0 radical (unpaired) electrons. The van der Waals surface area contributed by atoms with Crippen LogP contribution in [0.2, 0.25) is 5.02 Å². The van der Waals surface area contributed by atoms with E-state index in [2.05, 4.69) is 10.3 Å². The third-order valence-electron chi connectivity index (χ3n) is 5.25. The number of methoxy groups -OCH3 is 1. The van der Waals surface area contributed by atoms with Gasteiger partial charge in [-0.25, -0.2) is 0 Å². The van der Waals surface area contributed by atoms with Crippen LogP contribution in [0, 0.1) is 0 Å². The minimum Gasteiger partial charge on any atom is -0.493 e. The Hall–Kier alpha value is -2.96. The lowest BCUT2D eigenvalue weighted by Crippen LogP contribution is -2.13. The van der Waals surface area contributed by atoms with Gasteiger partial charge in [0.2, 0.25) is 0 Å². The molecule has 1 atom stereocenters. The number of ether oxygens (including phenoxy) is 3. The highest BCUT2D eigenvalue weighted by Gasteiger charge is 2.16. The van der Waals surface area contributed by atoms with E-state index in [1.54, 1.807) is 37.6 Å². The Morgan fingerprint density at radius 2 is 2.00 bits per heavy atom. The van der Waals surface area contributed by atoms with Gasteiger partial charge < -0.3 is 24.5 Å². The molecular weight excluding hydrogens is 416 g/mol. The van der Waals surface area contributed by atoms with Crippen molar-refractivity contribution in [3.63, 3.8) is 0 Å². The smallest absolute Gasteiger partial charge is 0.272 e. The van der Waals surface area contributed by atoms with Crippen molar-refractivity contribution in [1.29, 1.82) is 0 Å². The van der Waals surface area contributed by atoms with Gasteiger partial charge in [0.25, 0.3) is 5.91 Å². The molecule has 0 aliphatic carbocycles. The van der Waals surface area contributed by atoms with Gasteiger partial charge in [-0.05, 0) is 54.3 Å². The second-order valence-corrected chi connectivity index (χ2v) is 7.84. The molecule has 0 spiro atoms. The molecular formula is C24H25ClN2O4. The van der Waals surface area contributed by atoms with Crippen LogP contribution < -0.4 is 14.8 Å². The zero-order valence-corrected chi connectivity index (χ0v) is 18.1. The van der Waals surface area contributed by atoms with Crippen LogP contribution in [0.15, 0.2) is 54.7 Å². The fourth-order valence-electron chi connectivity index (χ4n) is 3.57. The first-order chi connectivity index (χ1) is 15.1. The maximum absolute atomic E-state index is 12.7. The quantitative estimate of drug-likeness (QED) is 0.482. The number of H-pyrrole nitrogens is 1. The van der Waals surface area contributed by atoms with Gasteiger partial charge in [-0.2, -0.15) is 0 Å². The van der Waals surface area contributed by atoms with Crippen LogP contribution in [0.1, 0.15) is 29.8 Å². The van der Waals surface area contributed by atoms with E-state index in [0.29, 0.717) is 34.5 Å². The second-order valence-electron chi connectivity index (χ2n) is 7.40. The molecule has 1 saturated heterocycles. The van der Waals surface area contributed by atoms with Crippen molar-refractivity contribution in [2.75, 3.05) is 25.6 Å². The van der Waals surface area contributed by atoms with E-state index >= 15 is 0 Å². The molecule has 2 heterocycles. The average Bonchev–Trinajstić information content (AvgIpc) is 3.47. The maximum Gasteiger partial charge on any atom is 0.272 e. The molecule has 1 aliphatic heterocycles. The lowest BCUT2D eigenvalue weighted by Gasteiger charge is -2.14. The Kier molecular flexibility index (Phi) is 6.79. The van der Waals surface area contributed by atoms with Crippen molar-refractivity contribution in [2.45, 2.75) is 25.4 Å². The van der Waals surface area contributed by atoms with E-state index in [4.69, 9.17) is 25.8 Å². The number of aromatic amines is 1. The first-order valence-corrected chi connectivity index (χ1v) is 10.7. The fourth-order valence-corrected chi connectivity index (χ4v) is 3.70. The monoisotopic (exact) mass is 440 g/mol. The summed E-state index contributed by atoms with van der Waals surface area (Å²) in [5.74, 6) is 0.969. The molecule has 31 heavy (non-hydrogen) atoms. The van der Waals surface area contributed by atoms with Gasteiger partial charge in [0, 0.05) is 36.0 Å². The highest BCUT2D eigenvalue weighted by Crippen LogP contribution is 2.31. The third-order valence-corrected chi connectivity index (χ3v) is 5.50. The third kappa shape index (κ3) is 5.40. The van der Waals surface area contributed by atoms with Crippen LogP contribution in [-0.2, 0) is 4.74 Å². The molecule has 2 aromatic carbocycles. The van der Waals surface area contributed by atoms with Gasteiger partial charge in [0.15, 0.2) is 11.5 Å². The molecule has 1 unspecified atom stereocenters. The summed E-state index contributed by atoms with van der Waals surface area (Å²) < 4.78 is 16.9. The van der Waals surface area contributed by atoms with Crippen LogP contribution in [-0.4, -0.2) is 37.3 Å². The minimum absolute atomic E-state index is 0.241. The summed E-state index contributed by atoms with van der Waals surface area (Å²) in [6, 6.07) is 14.6. The molecule has 1 fully saturated rings. The lowest BCUT2D eigenvalue weighted by atomic mass is 10.1. The summed E-state index contributed by atoms with van der Waals surface area (Å²) in [5, 5.41) is 3.56. The van der Waals surface area contributed by atoms with Crippen molar-refractivity contribution in [3.8, 4) is 22.6 Å². The molecule has 0 saturated carbocycles. The molecule has 7 heteroatoms. The van der Waals surface area contributed by atoms with Gasteiger partial charge in [-0.15, -0.1) is 0 Å². The second kappa shape index (κ2) is 9.90. The molecule has 162 valence electrons. The maximum atomic E-state index is 12.7. The SMILES string of the molecule is COc1cc(NC(=O)c2cc(-c3ccc(Cl)cc3)c[nH]2)ccc1OCCC1CCCO1. The molecule has 0 bridgehead atoms. The Balaban J connectivity index is 1.38. The number of rotatable bonds is 8. The number of carbonyl (C=O) groups excluding carboxylic acids is 1. The van der Waals surface area contributed by atoms with Crippen molar-refractivity contribution in [2.24, 2.45) is 0 Å². The Labute approximate surface area is 186 Å². The number of benzene rings is 2. The summed E-state index contributed by atoms with van der Waals surface area (Å²) in [4.78, 5) is 15.7. The highest BCUT2D eigenvalue weighted by atomic mass is 35.5. The van der Waals surface area contributed by atoms with Crippen molar-refractivity contribution in [1.82, 2.24) is 4.98 Å². The first kappa shape index (κ1) is 21.3. The number of nitrogens with one attached hydrogen (secondary N) is 2. The molecule has 1 aromatic heterocycles. The number of anilines is 1. The van der Waals surface area contributed by atoms with E-state index in [1.165, 1.54) is 0 Å². The number of halogens is 1. The van der Waals surface area contributed by atoms with Crippen molar-refractivity contribution in [3.05, 3.63) is 65.4 Å². The highest BCUT2D eigenvalue weighted by molar-refractivity contribution is 6.30. The van der Waals surface area contributed by atoms with Gasteiger partial charge in [-0.3, -0.25) is 4.79 Å². The van der Waals surface area contributed by atoms with E-state index in [-0.39, 0.29) is 12.0 Å². The van der Waals surface area contributed by atoms with Crippen LogP contribution in [0.25, 0.3) is 11.1 Å². The number of aromatic nitrogens is 1. The zero-order chi connectivity index (χ0) is 21.6. The van der Waals surface area contributed by atoms with E-state index in [1.807, 2.05) is 24.3 Å². The summed E-state index contributed by atoms with van der Waals surface area (Å²) >= 11 is 5.94. The normalized spacial score (nSPS) is 15.6. The van der Waals surface area contributed by atoms with E-state index in [0.717, 1.165) is 37.0 Å². The standard InChI is InChI=1S/C24H25ClN2O4/c1-29-23-14-19(8-9-22(23)31-12-10-20-3-2-11-30-20)27-24(28)21-13-17(15-26-21)16-4-6-18(25)7-5-16/h4-9,13-15,20,26H,2-3,10-12H2,1H3,(H,27,28). The van der Waals surface area contributed by atoms with Crippen LogP contribution in [0.3, 0.4) is 0 Å². The van der Waals surface area contributed by atoms with Crippen LogP contribution >= 0.6 is 11.6 Å². The minimum atomic E-state index is -0.241. The molecule has 1 amide bonds. The topological polar surface area (TPSA) is 72.6 Å². The molecule has 2 N–H and O–H groups in total. The fraction of sp³-hybridized carbons (Fsp3) is 0.292. The van der Waals surface area contributed by atoms with Crippen molar-refractivity contribution >= 4 is 23.2 Å². The van der Waals surface area contributed by atoms with Crippen LogP contribution in [0.4, 0.5) is 5.69 Å². The van der Waals surface area contributed by atoms with Crippen LogP contribution in [0.5, 0.6) is 11.5 Å². The van der Waals surface area contributed by atoms with E-state index in [9.17, 15) is 4.79 Å². The molecule has 1 aliphatic rings. The van der Waals surface area contributed by atoms with Crippen molar-refractivity contribution < 1.29 is 19.0 Å². The Bertz CT molecular complexity index is 1030. The van der Waals surface area contributed by atoms with Gasteiger partial charge in [0.1, 0.15) is 5.69 Å². The number of hydrogen-bond acceptors (Lipinski definition) is 4. The Morgan fingerprint density at radius 1 is 1.16 bits per heavy atom. The summed E-state index contributed by atoms with van der Waals surface area (Å²) in [7, 11) is 1.58. The number of hydrogen-bond donors (Lipinski definition) is 2. The zero-order valence-electron chi connectivity index (χ0n) is 17.3. The molecule has 4 rings (SSSR count). The number of carbonyl (C=O) groups is 1. The summed E-state index contributed by atoms with van der Waals surface area (Å²) in [5.41, 5.74) is 2.97. The predicted octanol–water partition coefficient (Wildman–Crippen LogP) is 5.54. The largest absolute Gasteiger partial charge is 0.493 e. The lowest BCUT2D eigenvalue weighted by molar-refractivity contribution is 0.0898. The number of amides is 1. The molecule has 6 nitrogen and oxygen atoms in total. The van der Waals surface area contributed by atoms with Gasteiger partial charge in [-0.1, -0.05) is 23.7 Å². The average molecular weight is 441 g/mol. The van der Waals surface area contributed by atoms with Gasteiger partial charge >= 0.3 is 0 Å². The Morgan fingerprint density at radius 3 is 2.74 bits per heavy atom. The predicted molar refractivity (Wildman–Crippen MR) is 121 cm³/mol. The molecule has 3 aromatic rings. The summed E-state index contributed by atoms with van der Waals surface area (Å²) in [6.45, 7) is 1.40. The van der Waals surface area contributed by atoms with Gasteiger partial charge in [0.05, 0.1) is 19.8 Å². The van der Waals surface area contributed by atoms with E-state index < -0.39 is 0 Å². The first-order valence-electron chi connectivity index (χ1n) is 10.3.